The van der Waals surface area contributed by atoms with Gasteiger partial charge in [-0.3, -0.25) is 4.79 Å². The van der Waals surface area contributed by atoms with Crippen molar-refractivity contribution in [3.63, 3.8) is 0 Å². The van der Waals surface area contributed by atoms with Crippen LogP contribution in [0.15, 0.2) is 54.7 Å². The highest BCUT2D eigenvalue weighted by atomic mass is 19.1. The van der Waals surface area contributed by atoms with Crippen LogP contribution in [0.5, 0.6) is 0 Å². The number of rotatable bonds is 5. The molecule has 0 atom stereocenters. The number of benzene rings is 2. The largest absolute Gasteiger partial charge is 0.326 e. The zero-order chi connectivity index (χ0) is 22.0. The quantitative estimate of drug-likeness (QED) is 0.506. The molecule has 0 saturated carbocycles. The average Bonchev–Trinajstić information content (AvgIpc) is 3.06. The molecule has 2 aromatic carbocycles. The third kappa shape index (κ3) is 4.72. The van der Waals surface area contributed by atoms with Crippen molar-refractivity contribution in [3.8, 4) is 16.9 Å². The molecule has 0 aliphatic carbocycles. The molecule has 0 fully saturated rings. The van der Waals surface area contributed by atoms with Gasteiger partial charge in [-0.15, -0.1) is 0 Å². The Morgan fingerprint density at radius 1 is 1.00 bits per heavy atom. The topological polar surface area (TPSA) is 97.6 Å². The number of halogens is 1. The molecule has 1 amide bonds. The van der Waals surface area contributed by atoms with Crippen molar-refractivity contribution < 1.29 is 9.18 Å². The number of carbonyl (C=O) groups excluding carboxylic acids is 1. The smallest absolute Gasteiger partial charge is 0.227 e. The van der Waals surface area contributed by atoms with E-state index in [0.29, 0.717) is 28.7 Å². The first-order chi connectivity index (χ1) is 14.9. The van der Waals surface area contributed by atoms with Crippen molar-refractivity contribution in [2.75, 3.05) is 10.6 Å². The van der Waals surface area contributed by atoms with Crippen LogP contribution in [0.25, 0.3) is 16.9 Å². The molecule has 0 aliphatic heterocycles. The van der Waals surface area contributed by atoms with Crippen LogP contribution >= 0.6 is 0 Å². The molecule has 0 spiro atoms. The van der Waals surface area contributed by atoms with Gasteiger partial charge in [0.25, 0.3) is 0 Å². The van der Waals surface area contributed by atoms with Gasteiger partial charge in [-0.1, -0.05) is 0 Å². The van der Waals surface area contributed by atoms with E-state index in [9.17, 15) is 9.18 Å². The maximum absolute atomic E-state index is 14.0. The summed E-state index contributed by atoms with van der Waals surface area (Å²) >= 11 is 0. The number of amides is 1. The molecule has 2 heterocycles. The monoisotopic (exact) mass is 417 g/mol. The maximum atomic E-state index is 14.0. The van der Waals surface area contributed by atoms with Crippen LogP contribution in [0.1, 0.15) is 18.6 Å². The van der Waals surface area contributed by atoms with Crippen molar-refractivity contribution in [2.45, 2.75) is 20.8 Å². The van der Waals surface area contributed by atoms with Crippen LogP contribution in [-0.4, -0.2) is 30.6 Å². The van der Waals surface area contributed by atoms with Crippen LogP contribution in [0, 0.1) is 19.7 Å². The van der Waals surface area contributed by atoms with Crippen LogP contribution in [0.4, 0.5) is 21.7 Å². The molecule has 2 aromatic heterocycles. The van der Waals surface area contributed by atoms with E-state index >= 15 is 0 Å². The molecular weight excluding hydrogens is 397 g/mol. The summed E-state index contributed by atoms with van der Waals surface area (Å²) in [7, 11) is 0. The van der Waals surface area contributed by atoms with Crippen molar-refractivity contribution in [1.82, 2.24) is 24.7 Å². The molecule has 4 aromatic rings. The summed E-state index contributed by atoms with van der Waals surface area (Å²) in [6.45, 7) is 5.12. The Morgan fingerprint density at radius 2 is 1.77 bits per heavy atom. The minimum absolute atomic E-state index is 0.277. The molecule has 9 heteroatoms. The molecule has 0 bridgehead atoms. The number of aromatic nitrogens is 5. The van der Waals surface area contributed by atoms with Crippen molar-refractivity contribution >= 4 is 23.2 Å². The second-order valence-electron chi connectivity index (χ2n) is 6.97. The van der Waals surface area contributed by atoms with Crippen molar-refractivity contribution in [1.29, 1.82) is 0 Å². The standard InChI is InChI=1S/C22H20FN7O/c1-13-25-14(2)30(29-13)20-6-4-18(5-7-20)27-22-24-9-8-21(28-22)16-10-17(23)12-19(11-16)26-15(3)31/h4-12H,1-3H3,(H,26,31)(H,24,27,28). The van der Waals surface area contributed by atoms with Gasteiger partial charge >= 0.3 is 0 Å². The highest BCUT2D eigenvalue weighted by molar-refractivity contribution is 5.89. The molecule has 0 aliphatic rings. The van der Waals surface area contributed by atoms with Gasteiger partial charge in [-0.05, 0) is 62.4 Å². The summed E-state index contributed by atoms with van der Waals surface area (Å²) in [5.41, 5.74) is 3.09. The van der Waals surface area contributed by atoms with E-state index < -0.39 is 5.82 Å². The summed E-state index contributed by atoms with van der Waals surface area (Å²) in [5, 5.41) is 10.1. The lowest BCUT2D eigenvalue weighted by atomic mass is 10.1. The fourth-order valence-corrected chi connectivity index (χ4v) is 3.17. The summed E-state index contributed by atoms with van der Waals surface area (Å²) in [5.74, 6) is 1.14. The molecule has 156 valence electrons. The Bertz CT molecular complexity index is 1250. The fourth-order valence-electron chi connectivity index (χ4n) is 3.17. The zero-order valence-corrected chi connectivity index (χ0v) is 17.2. The Kier molecular flexibility index (Phi) is 5.40. The number of aryl methyl sites for hydroxylation is 2. The summed E-state index contributed by atoms with van der Waals surface area (Å²) in [6.07, 6.45) is 1.59. The summed E-state index contributed by atoms with van der Waals surface area (Å²) < 4.78 is 15.8. The van der Waals surface area contributed by atoms with Crippen molar-refractivity contribution in [2.24, 2.45) is 0 Å². The third-order valence-electron chi connectivity index (χ3n) is 4.41. The minimum Gasteiger partial charge on any atom is -0.326 e. The fraction of sp³-hybridized carbons (Fsp3) is 0.136. The van der Waals surface area contributed by atoms with E-state index in [4.69, 9.17) is 0 Å². The third-order valence-corrected chi connectivity index (χ3v) is 4.41. The van der Waals surface area contributed by atoms with E-state index in [1.807, 2.05) is 38.1 Å². The van der Waals surface area contributed by atoms with Crippen molar-refractivity contribution in [3.05, 3.63) is 72.2 Å². The van der Waals surface area contributed by atoms with Gasteiger partial charge in [0, 0.05) is 30.1 Å². The molecule has 0 unspecified atom stereocenters. The number of anilines is 3. The Labute approximate surface area is 178 Å². The van der Waals surface area contributed by atoms with E-state index in [-0.39, 0.29) is 5.91 Å². The molecule has 8 nitrogen and oxygen atoms in total. The molecule has 2 N–H and O–H groups in total. The lowest BCUT2D eigenvalue weighted by Crippen LogP contribution is -2.06. The normalized spacial score (nSPS) is 10.7. The van der Waals surface area contributed by atoms with Gasteiger partial charge in [0.15, 0.2) is 0 Å². The van der Waals surface area contributed by atoms with Crippen LogP contribution in [0.2, 0.25) is 0 Å². The number of hydrogen-bond acceptors (Lipinski definition) is 6. The SMILES string of the molecule is CC(=O)Nc1cc(F)cc(-c2ccnc(Nc3ccc(-n4nc(C)nc4C)cc3)n2)c1. The Hall–Kier alpha value is -4.14. The van der Waals surface area contributed by atoms with Crippen LogP contribution < -0.4 is 10.6 Å². The second-order valence-corrected chi connectivity index (χ2v) is 6.97. The lowest BCUT2D eigenvalue weighted by Gasteiger charge is -2.09. The van der Waals surface area contributed by atoms with Gasteiger partial charge in [0.05, 0.1) is 11.4 Å². The summed E-state index contributed by atoms with van der Waals surface area (Å²) in [4.78, 5) is 24.3. The molecule has 31 heavy (non-hydrogen) atoms. The first-order valence-electron chi connectivity index (χ1n) is 9.57. The van der Waals surface area contributed by atoms with E-state index in [0.717, 1.165) is 17.2 Å². The van der Waals surface area contributed by atoms with Gasteiger partial charge in [0.2, 0.25) is 11.9 Å². The number of nitrogens with one attached hydrogen (secondary N) is 2. The predicted molar refractivity (Wildman–Crippen MR) is 116 cm³/mol. The van der Waals surface area contributed by atoms with Gasteiger partial charge in [0.1, 0.15) is 17.5 Å². The number of carbonyl (C=O) groups is 1. The Balaban J connectivity index is 1.56. The van der Waals surface area contributed by atoms with Gasteiger partial charge in [-0.2, -0.15) is 5.10 Å². The van der Waals surface area contributed by atoms with E-state index in [2.05, 4.69) is 30.7 Å². The summed E-state index contributed by atoms with van der Waals surface area (Å²) in [6, 6.07) is 13.6. The van der Waals surface area contributed by atoms with Gasteiger partial charge in [-0.25, -0.2) is 24.0 Å². The van der Waals surface area contributed by atoms with Crippen LogP contribution in [0.3, 0.4) is 0 Å². The molecule has 0 radical (unpaired) electrons. The first kappa shape index (κ1) is 20.1. The average molecular weight is 417 g/mol. The number of hydrogen-bond donors (Lipinski definition) is 2. The van der Waals surface area contributed by atoms with Gasteiger partial charge < -0.3 is 10.6 Å². The zero-order valence-electron chi connectivity index (χ0n) is 17.2. The van der Waals surface area contributed by atoms with Crippen LogP contribution in [-0.2, 0) is 4.79 Å². The lowest BCUT2D eigenvalue weighted by molar-refractivity contribution is -0.114. The molecular formula is C22H20FN7O. The minimum atomic E-state index is -0.469. The predicted octanol–water partition coefficient (Wildman–Crippen LogP) is 4.18. The Morgan fingerprint density at radius 3 is 2.45 bits per heavy atom. The molecule has 4 rings (SSSR count). The van der Waals surface area contributed by atoms with E-state index in [1.165, 1.54) is 19.1 Å². The number of nitrogens with zero attached hydrogens (tertiary/aromatic N) is 5. The highest BCUT2D eigenvalue weighted by Gasteiger charge is 2.09. The second kappa shape index (κ2) is 8.31. The first-order valence-corrected chi connectivity index (χ1v) is 9.57. The van der Waals surface area contributed by atoms with E-state index in [1.54, 1.807) is 23.0 Å². The maximum Gasteiger partial charge on any atom is 0.227 e. The highest BCUT2D eigenvalue weighted by Crippen LogP contribution is 2.24. The molecule has 0 saturated heterocycles.